The van der Waals surface area contributed by atoms with Crippen LogP contribution in [0.2, 0.25) is 0 Å². The molecule has 1 heterocycles. The average molecular weight is 277 g/mol. The molecule has 1 aromatic rings. The van der Waals surface area contributed by atoms with Crippen molar-refractivity contribution in [2.45, 2.75) is 26.2 Å². The Hall–Kier alpha value is -1.55. The molecule has 20 heavy (non-hydrogen) atoms. The van der Waals surface area contributed by atoms with Gasteiger partial charge in [-0.15, -0.1) is 0 Å². The van der Waals surface area contributed by atoms with Crippen molar-refractivity contribution in [1.29, 1.82) is 0 Å². The summed E-state index contributed by atoms with van der Waals surface area (Å²) in [6, 6.07) is 8.06. The number of methoxy groups -OCH3 is 1. The number of carboxylic acid groups (broad SMARTS) is 1. The molecule has 1 saturated heterocycles. The van der Waals surface area contributed by atoms with Gasteiger partial charge in [-0.1, -0.05) is 18.2 Å². The molecule has 0 aromatic heterocycles. The van der Waals surface area contributed by atoms with Gasteiger partial charge in [-0.2, -0.15) is 0 Å². The number of nitrogens with zero attached hydrogens (tertiary/aromatic N) is 1. The van der Waals surface area contributed by atoms with Crippen LogP contribution in [-0.4, -0.2) is 42.7 Å². The van der Waals surface area contributed by atoms with Gasteiger partial charge in [-0.25, -0.2) is 0 Å². The van der Waals surface area contributed by atoms with Crippen LogP contribution in [0.25, 0.3) is 0 Å². The number of aliphatic carboxylic acids is 1. The lowest BCUT2D eigenvalue weighted by Gasteiger charge is -2.20. The summed E-state index contributed by atoms with van der Waals surface area (Å²) in [6.07, 6.45) is 2.73. The fraction of sp³-hybridized carbons (Fsp3) is 0.562. The van der Waals surface area contributed by atoms with E-state index in [0.29, 0.717) is 6.54 Å². The summed E-state index contributed by atoms with van der Waals surface area (Å²) >= 11 is 0. The van der Waals surface area contributed by atoms with Crippen LogP contribution in [0.5, 0.6) is 5.75 Å². The second-order valence-electron chi connectivity index (χ2n) is 5.81. The zero-order valence-electron chi connectivity index (χ0n) is 12.3. The molecular formula is C16H23NO3. The molecular weight excluding hydrogens is 254 g/mol. The van der Waals surface area contributed by atoms with Gasteiger partial charge in [0.2, 0.25) is 0 Å². The number of aryl methyl sites for hydroxylation is 1. The van der Waals surface area contributed by atoms with E-state index in [1.54, 1.807) is 7.11 Å². The van der Waals surface area contributed by atoms with Crippen molar-refractivity contribution in [3.63, 3.8) is 0 Å². The number of rotatable bonds is 6. The maximum atomic E-state index is 11.2. The number of ether oxygens (including phenoxy) is 1. The molecule has 0 saturated carbocycles. The van der Waals surface area contributed by atoms with Gasteiger partial charge in [0.05, 0.1) is 12.5 Å². The summed E-state index contributed by atoms with van der Waals surface area (Å²) in [4.78, 5) is 13.5. The average Bonchev–Trinajstić information content (AvgIpc) is 2.82. The third-order valence-corrected chi connectivity index (χ3v) is 4.18. The zero-order chi connectivity index (χ0) is 14.6. The van der Waals surface area contributed by atoms with Gasteiger partial charge < -0.3 is 14.7 Å². The summed E-state index contributed by atoms with van der Waals surface area (Å²) in [5.41, 5.74) is 0.653. The largest absolute Gasteiger partial charge is 0.496 e. The minimum absolute atomic E-state index is 0.565. The van der Waals surface area contributed by atoms with Crippen LogP contribution >= 0.6 is 0 Å². The lowest BCUT2D eigenvalue weighted by atomic mass is 9.90. The number of hydrogen-bond donors (Lipinski definition) is 1. The van der Waals surface area contributed by atoms with Gasteiger partial charge in [0.25, 0.3) is 0 Å². The highest BCUT2D eigenvalue weighted by atomic mass is 16.5. The van der Waals surface area contributed by atoms with Crippen LogP contribution < -0.4 is 4.74 Å². The van der Waals surface area contributed by atoms with Crippen LogP contribution in [0.4, 0.5) is 0 Å². The normalized spacial score (nSPS) is 22.9. The number of para-hydroxylation sites is 1. The first-order valence-electron chi connectivity index (χ1n) is 7.13. The van der Waals surface area contributed by atoms with E-state index in [4.69, 9.17) is 4.74 Å². The van der Waals surface area contributed by atoms with E-state index in [-0.39, 0.29) is 0 Å². The van der Waals surface area contributed by atoms with Crippen molar-refractivity contribution >= 4 is 5.97 Å². The van der Waals surface area contributed by atoms with Crippen molar-refractivity contribution in [1.82, 2.24) is 4.90 Å². The second kappa shape index (κ2) is 6.27. The summed E-state index contributed by atoms with van der Waals surface area (Å²) in [6.45, 7) is 4.33. The van der Waals surface area contributed by atoms with Crippen LogP contribution in [0.15, 0.2) is 24.3 Å². The highest BCUT2D eigenvalue weighted by Crippen LogP contribution is 2.30. The highest BCUT2D eigenvalue weighted by Gasteiger charge is 2.39. The molecule has 1 aliphatic heterocycles. The minimum Gasteiger partial charge on any atom is -0.496 e. The van der Waals surface area contributed by atoms with E-state index >= 15 is 0 Å². The molecule has 4 heteroatoms. The maximum Gasteiger partial charge on any atom is 0.310 e. The zero-order valence-corrected chi connectivity index (χ0v) is 12.3. The van der Waals surface area contributed by atoms with Crippen LogP contribution in [-0.2, 0) is 11.2 Å². The first-order valence-corrected chi connectivity index (χ1v) is 7.13. The van der Waals surface area contributed by atoms with Crippen LogP contribution in [0, 0.1) is 5.41 Å². The molecule has 1 N–H and O–H groups in total. The van der Waals surface area contributed by atoms with Gasteiger partial charge in [0.15, 0.2) is 0 Å². The van der Waals surface area contributed by atoms with E-state index in [1.807, 2.05) is 25.1 Å². The van der Waals surface area contributed by atoms with Gasteiger partial charge in [0.1, 0.15) is 5.75 Å². The highest BCUT2D eigenvalue weighted by molar-refractivity contribution is 5.74. The molecule has 1 atom stereocenters. The fourth-order valence-corrected chi connectivity index (χ4v) is 2.82. The Morgan fingerprint density at radius 2 is 2.20 bits per heavy atom. The van der Waals surface area contributed by atoms with Gasteiger partial charge in [-0.3, -0.25) is 4.79 Å². The van der Waals surface area contributed by atoms with Crippen molar-refractivity contribution in [2.75, 3.05) is 26.7 Å². The number of carbonyl (C=O) groups is 1. The Morgan fingerprint density at radius 3 is 2.85 bits per heavy atom. The van der Waals surface area contributed by atoms with E-state index in [0.717, 1.165) is 38.1 Å². The molecule has 1 aromatic carbocycles. The Bertz CT molecular complexity index is 475. The predicted octanol–water partition coefficient (Wildman–Crippen LogP) is 2.42. The maximum absolute atomic E-state index is 11.2. The van der Waals surface area contributed by atoms with E-state index < -0.39 is 11.4 Å². The number of carboxylic acids is 1. The van der Waals surface area contributed by atoms with E-state index in [2.05, 4.69) is 11.0 Å². The third-order valence-electron chi connectivity index (χ3n) is 4.18. The Morgan fingerprint density at radius 1 is 1.45 bits per heavy atom. The molecule has 1 aliphatic rings. The first kappa shape index (κ1) is 14.9. The van der Waals surface area contributed by atoms with E-state index in [1.165, 1.54) is 5.56 Å². The van der Waals surface area contributed by atoms with Gasteiger partial charge in [0, 0.05) is 6.54 Å². The topological polar surface area (TPSA) is 49.8 Å². The summed E-state index contributed by atoms with van der Waals surface area (Å²) in [7, 11) is 1.69. The van der Waals surface area contributed by atoms with Crippen molar-refractivity contribution in [3.05, 3.63) is 29.8 Å². The molecule has 0 radical (unpaired) electrons. The summed E-state index contributed by atoms with van der Waals surface area (Å²) in [5, 5.41) is 9.22. The SMILES string of the molecule is COc1ccccc1CCCN1CCC(C)(C(=O)O)C1. The number of likely N-dealkylation sites (tertiary alicyclic amines) is 1. The minimum atomic E-state index is -0.676. The van der Waals surface area contributed by atoms with Crippen LogP contribution in [0.1, 0.15) is 25.3 Å². The fourth-order valence-electron chi connectivity index (χ4n) is 2.82. The molecule has 2 rings (SSSR count). The molecule has 0 bridgehead atoms. The Kier molecular flexibility index (Phi) is 4.65. The lowest BCUT2D eigenvalue weighted by molar-refractivity contribution is -0.147. The van der Waals surface area contributed by atoms with Crippen molar-refractivity contribution < 1.29 is 14.6 Å². The Labute approximate surface area is 120 Å². The monoisotopic (exact) mass is 277 g/mol. The lowest BCUT2D eigenvalue weighted by Crippen LogP contribution is -2.32. The molecule has 1 unspecified atom stereocenters. The molecule has 4 nitrogen and oxygen atoms in total. The standard InChI is InChI=1S/C16H23NO3/c1-16(15(18)19)9-11-17(12-16)10-5-7-13-6-3-4-8-14(13)20-2/h3-4,6,8H,5,7,9-12H2,1-2H3,(H,18,19). The molecule has 110 valence electrons. The first-order chi connectivity index (χ1) is 9.55. The summed E-state index contributed by atoms with van der Waals surface area (Å²) < 4.78 is 5.34. The predicted molar refractivity (Wildman–Crippen MR) is 78.1 cm³/mol. The van der Waals surface area contributed by atoms with Gasteiger partial charge >= 0.3 is 5.97 Å². The molecule has 0 aliphatic carbocycles. The second-order valence-corrected chi connectivity index (χ2v) is 5.81. The number of hydrogen-bond acceptors (Lipinski definition) is 3. The molecule has 0 spiro atoms. The molecule has 1 fully saturated rings. The van der Waals surface area contributed by atoms with Crippen molar-refractivity contribution in [3.8, 4) is 5.75 Å². The quantitative estimate of drug-likeness (QED) is 0.867. The van der Waals surface area contributed by atoms with E-state index in [9.17, 15) is 9.90 Å². The van der Waals surface area contributed by atoms with Crippen LogP contribution in [0.3, 0.4) is 0 Å². The third kappa shape index (κ3) is 3.31. The van der Waals surface area contributed by atoms with Crippen molar-refractivity contribution in [2.24, 2.45) is 5.41 Å². The molecule has 0 amide bonds. The summed E-state index contributed by atoms with van der Waals surface area (Å²) in [5.74, 6) is 0.258. The number of benzene rings is 1. The smallest absolute Gasteiger partial charge is 0.310 e. The Balaban J connectivity index is 1.81. The van der Waals surface area contributed by atoms with Gasteiger partial charge in [-0.05, 0) is 50.9 Å².